The summed E-state index contributed by atoms with van der Waals surface area (Å²) in [7, 11) is 0. The van der Waals surface area contributed by atoms with Crippen molar-refractivity contribution >= 4 is 5.91 Å². The maximum absolute atomic E-state index is 11.4. The predicted octanol–water partition coefficient (Wildman–Crippen LogP) is 0.627. The summed E-state index contributed by atoms with van der Waals surface area (Å²) < 4.78 is 0. The Kier molecular flexibility index (Phi) is 3.53. The molecule has 1 aliphatic rings. The van der Waals surface area contributed by atoms with Gasteiger partial charge < -0.3 is 10.0 Å². The van der Waals surface area contributed by atoms with Crippen LogP contribution in [0.2, 0.25) is 0 Å². The molecule has 1 saturated heterocycles. The zero-order valence-corrected chi connectivity index (χ0v) is 7.62. The van der Waals surface area contributed by atoms with Crippen LogP contribution in [0.15, 0.2) is 0 Å². The molecule has 0 aromatic carbocycles. The summed E-state index contributed by atoms with van der Waals surface area (Å²) in [5, 5.41) is 8.83. The molecule has 0 spiro atoms. The summed E-state index contributed by atoms with van der Waals surface area (Å²) in [6, 6.07) is 0. The molecule has 0 saturated carbocycles. The van der Waals surface area contributed by atoms with Crippen molar-refractivity contribution in [3.8, 4) is 0 Å². The predicted molar refractivity (Wildman–Crippen MR) is 46.7 cm³/mol. The minimum atomic E-state index is -0.109. The number of carbonyl (C=O) groups is 1. The number of aliphatic hydroxyl groups is 1. The molecule has 1 aliphatic heterocycles. The van der Waals surface area contributed by atoms with Crippen LogP contribution in [0.5, 0.6) is 0 Å². The average Bonchev–Trinajstić information content (AvgIpc) is 2.43. The monoisotopic (exact) mass is 171 g/mol. The van der Waals surface area contributed by atoms with Gasteiger partial charge in [0.25, 0.3) is 0 Å². The van der Waals surface area contributed by atoms with Crippen LogP contribution < -0.4 is 0 Å². The van der Waals surface area contributed by atoms with Crippen molar-refractivity contribution in [2.24, 2.45) is 5.92 Å². The second-order valence-corrected chi connectivity index (χ2v) is 3.35. The van der Waals surface area contributed by atoms with Crippen molar-refractivity contribution in [1.29, 1.82) is 0 Å². The van der Waals surface area contributed by atoms with E-state index < -0.39 is 0 Å². The first-order valence-corrected chi connectivity index (χ1v) is 4.69. The van der Waals surface area contributed by atoms with Gasteiger partial charge in [-0.25, -0.2) is 0 Å². The van der Waals surface area contributed by atoms with Crippen LogP contribution in [-0.2, 0) is 4.79 Å². The maximum atomic E-state index is 11.4. The molecular formula is C9H17NO2. The Balaban J connectivity index is 2.33. The molecule has 0 aromatic heterocycles. The lowest BCUT2D eigenvalue weighted by molar-refractivity contribution is -0.131. The van der Waals surface area contributed by atoms with Gasteiger partial charge in [-0.2, -0.15) is 0 Å². The number of aliphatic hydroxyl groups excluding tert-OH is 1. The SMILES string of the molecule is CCCCN1CCC(CO)C1=O. The van der Waals surface area contributed by atoms with Crippen LogP contribution in [0.4, 0.5) is 0 Å². The fraction of sp³-hybridized carbons (Fsp3) is 0.889. The van der Waals surface area contributed by atoms with E-state index in [4.69, 9.17) is 5.11 Å². The van der Waals surface area contributed by atoms with Crippen molar-refractivity contribution in [2.45, 2.75) is 26.2 Å². The summed E-state index contributed by atoms with van der Waals surface area (Å²) in [5.74, 6) is 0.0350. The summed E-state index contributed by atoms with van der Waals surface area (Å²) in [4.78, 5) is 13.3. The molecule has 3 heteroatoms. The highest BCUT2D eigenvalue weighted by Gasteiger charge is 2.29. The number of hydrogen-bond donors (Lipinski definition) is 1. The molecule has 3 nitrogen and oxygen atoms in total. The van der Waals surface area contributed by atoms with Gasteiger partial charge in [-0.3, -0.25) is 4.79 Å². The first kappa shape index (κ1) is 9.52. The summed E-state index contributed by atoms with van der Waals surface area (Å²) in [6.45, 7) is 3.83. The first-order valence-electron chi connectivity index (χ1n) is 4.69. The smallest absolute Gasteiger partial charge is 0.228 e. The van der Waals surface area contributed by atoms with Gasteiger partial charge >= 0.3 is 0 Å². The number of carbonyl (C=O) groups excluding carboxylic acids is 1. The Morgan fingerprint density at radius 3 is 2.92 bits per heavy atom. The second-order valence-electron chi connectivity index (χ2n) is 3.35. The molecule has 0 radical (unpaired) electrons. The first-order chi connectivity index (χ1) is 5.79. The molecule has 1 amide bonds. The highest BCUT2D eigenvalue weighted by Crippen LogP contribution is 2.17. The normalized spacial score (nSPS) is 23.7. The fourth-order valence-electron chi connectivity index (χ4n) is 1.54. The van der Waals surface area contributed by atoms with Crippen molar-refractivity contribution < 1.29 is 9.90 Å². The molecule has 0 aliphatic carbocycles. The van der Waals surface area contributed by atoms with Crippen LogP contribution in [0, 0.1) is 5.92 Å². The molecule has 1 rings (SSSR count). The van der Waals surface area contributed by atoms with Crippen molar-refractivity contribution in [3.05, 3.63) is 0 Å². The van der Waals surface area contributed by atoms with Gasteiger partial charge in [0.2, 0.25) is 5.91 Å². The van der Waals surface area contributed by atoms with E-state index in [2.05, 4.69) is 6.92 Å². The third-order valence-electron chi connectivity index (χ3n) is 2.41. The number of unbranched alkanes of at least 4 members (excludes halogenated alkanes) is 1. The lowest BCUT2D eigenvalue weighted by atomic mass is 10.1. The fourth-order valence-corrected chi connectivity index (χ4v) is 1.54. The van der Waals surface area contributed by atoms with Crippen LogP contribution >= 0.6 is 0 Å². The molecule has 1 heterocycles. The van der Waals surface area contributed by atoms with E-state index in [-0.39, 0.29) is 18.4 Å². The maximum Gasteiger partial charge on any atom is 0.228 e. The number of amides is 1. The van der Waals surface area contributed by atoms with Crippen LogP contribution in [-0.4, -0.2) is 35.6 Å². The van der Waals surface area contributed by atoms with Gasteiger partial charge in [0, 0.05) is 13.1 Å². The van der Waals surface area contributed by atoms with E-state index in [9.17, 15) is 4.79 Å². The van der Waals surface area contributed by atoms with E-state index >= 15 is 0 Å². The van der Waals surface area contributed by atoms with Crippen LogP contribution in [0.25, 0.3) is 0 Å². The number of rotatable bonds is 4. The quantitative estimate of drug-likeness (QED) is 0.674. The van der Waals surface area contributed by atoms with Crippen molar-refractivity contribution in [2.75, 3.05) is 19.7 Å². The topological polar surface area (TPSA) is 40.5 Å². The Labute approximate surface area is 73.4 Å². The van der Waals surface area contributed by atoms with Crippen LogP contribution in [0.3, 0.4) is 0 Å². The molecule has 0 aromatic rings. The van der Waals surface area contributed by atoms with Gasteiger partial charge in [0.15, 0.2) is 0 Å². The van der Waals surface area contributed by atoms with Gasteiger partial charge in [0.1, 0.15) is 0 Å². The Bertz CT molecular complexity index is 159. The highest BCUT2D eigenvalue weighted by molar-refractivity contribution is 5.80. The third-order valence-corrected chi connectivity index (χ3v) is 2.41. The number of nitrogens with zero attached hydrogens (tertiary/aromatic N) is 1. The zero-order chi connectivity index (χ0) is 8.97. The molecule has 1 unspecified atom stereocenters. The van der Waals surface area contributed by atoms with E-state index in [0.29, 0.717) is 0 Å². The molecular weight excluding hydrogens is 154 g/mol. The molecule has 0 bridgehead atoms. The summed E-state index contributed by atoms with van der Waals surface area (Å²) >= 11 is 0. The van der Waals surface area contributed by atoms with Crippen LogP contribution in [0.1, 0.15) is 26.2 Å². The van der Waals surface area contributed by atoms with Gasteiger partial charge in [-0.1, -0.05) is 13.3 Å². The molecule has 12 heavy (non-hydrogen) atoms. The number of likely N-dealkylation sites (tertiary alicyclic amines) is 1. The molecule has 1 fully saturated rings. The minimum Gasteiger partial charge on any atom is -0.396 e. The summed E-state index contributed by atoms with van der Waals surface area (Å²) in [6.07, 6.45) is 3.02. The Morgan fingerprint density at radius 2 is 2.42 bits per heavy atom. The van der Waals surface area contributed by atoms with Gasteiger partial charge in [0.05, 0.1) is 12.5 Å². The average molecular weight is 171 g/mol. The van der Waals surface area contributed by atoms with E-state index in [1.165, 1.54) is 0 Å². The Morgan fingerprint density at radius 1 is 1.67 bits per heavy atom. The third kappa shape index (κ3) is 1.97. The largest absolute Gasteiger partial charge is 0.396 e. The van der Waals surface area contributed by atoms with Gasteiger partial charge in [-0.05, 0) is 12.8 Å². The molecule has 1 atom stereocenters. The summed E-state index contributed by atoms with van der Waals surface area (Å²) in [5.41, 5.74) is 0. The lowest BCUT2D eigenvalue weighted by Gasteiger charge is -2.15. The van der Waals surface area contributed by atoms with E-state index in [1.54, 1.807) is 0 Å². The van der Waals surface area contributed by atoms with E-state index in [0.717, 1.165) is 32.4 Å². The van der Waals surface area contributed by atoms with Crippen molar-refractivity contribution in [3.63, 3.8) is 0 Å². The molecule has 1 N–H and O–H groups in total. The number of hydrogen-bond acceptors (Lipinski definition) is 2. The zero-order valence-electron chi connectivity index (χ0n) is 7.62. The van der Waals surface area contributed by atoms with Crippen molar-refractivity contribution in [1.82, 2.24) is 4.90 Å². The Hall–Kier alpha value is -0.570. The molecule has 70 valence electrons. The van der Waals surface area contributed by atoms with E-state index in [1.807, 2.05) is 4.90 Å². The van der Waals surface area contributed by atoms with Gasteiger partial charge in [-0.15, -0.1) is 0 Å². The highest BCUT2D eigenvalue weighted by atomic mass is 16.3. The minimum absolute atomic E-state index is 0.0153. The standard InChI is InChI=1S/C9H17NO2/c1-2-3-5-10-6-4-8(7-11)9(10)12/h8,11H,2-7H2,1H3. The second kappa shape index (κ2) is 4.45. The lowest BCUT2D eigenvalue weighted by Crippen LogP contribution is -2.29.